The summed E-state index contributed by atoms with van der Waals surface area (Å²) < 4.78 is 11.4. The summed E-state index contributed by atoms with van der Waals surface area (Å²) in [6, 6.07) is 25.3. The van der Waals surface area contributed by atoms with Crippen LogP contribution in [0.25, 0.3) is 22.9 Å². The predicted octanol–water partition coefficient (Wildman–Crippen LogP) is 7.12. The molecule has 0 fully saturated rings. The average molecular weight is 459 g/mol. The maximum absolute atomic E-state index is 9.72. The quantitative estimate of drug-likeness (QED) is 0.277. The molecule has 3 aromatic carbocycles. The third-order valence-corrected chi connectivity index (χ3v) is 5.86. The number of halogens is 1. The molecule has 1 heterocycles. The number of hydrogen-bond acceptors (Lipinski definition) is 5. The van der Waals surface area contributed by atoms with Crippen LogP contribution in [0.15, 0.2) is 78.2 Å². The molecule has 0 atom stereocenters. The molecular formula is C26H19ClN2O2S. The third-order valence-electron chi connectivity index (χ3n) is 4.73. The molecule has 0 saturated heterocycles. The van der Waals surface area contributed by atoms with Crippen molar-refractivity contribution in [3.8, 4) is 28.8 Å². The molecule has 0 aliphatic heterocycles. The minimum absolute atomic E-state index is 0.447. The summed E-state index contributed by atoms with van der Waals surface area (Å²) in [6.45, 7) is 0.447. The second kappa shape index (κ2) is 10.1. The second-order valence-electron chi connectivity index (χ2n) is 6.90. The Balaban J connectivity index is 1.55. The molecule has 0 N–H and O–H groups in total. The average Bonchev–Trinajstić information content (AvgIpc) is 3.32. The maximum Gasteiger partial charge on any atom is 0.161 e. The van der Waals surface area contributed by atoms with Gasteiger partial charge in [0.25, 0.3) is 0 Å². The van der Waals surface area contributed by atoms with Crippen LogP contribution in [0, 0.1) is 11.3 Å². The fourth-order valence-corrected chi connectivity index (χ4v) is 4.01. The summed E-state index contributed by atoms with van der Waals surface area (Å²) in [7, 11) is 1.60. The first-order valence-electron chi connectivity index (χ1n) is 9.84. The Morgan fingerprint density at radius 2 is 1.84 bits per heavy atom. The number of nitriles is 1. The number of aromatic nitrogens is 1. The Labute approximate surface area is 196 Å². The predicted molar refractivity (Wildman–Crippen MR) is 130 cm³/mol. The number of allylic oxidation sites excluding steroid dienone is 1. The van der Waals surface area contributed by atoms with E-state index in [9.17, 15) is 5.26 Å². The standard InChI is InChI=1S/C26H19ClN2O2S/c1-30-25-14-19(7-12-24(25)31-16-18-5-3-2-4-6-18)13-21(15-28)26-29-23(17-32-26)20-8-10-22(27)11-9-20/h2-14,17H,16H2,1H3/b21-13-. The van der Waals surface area contributed by atoms with Crippen molar-refractivity contribution >= 4 is 34.6 Å². The van der Waals surface area contributed by atoms with E-state index < -0.39 is 0 Å². The van der Waals surface area contributed by atoms with Gasteiger partial charge >= 0.3 is 0 Å². The molecule has 0 amide bonds. The maximum atomic E-state index is 9.72. The van der Waals surface area contributed by atoms with Crippen LogP contribution in [0.5, 0.6) is 11.5 Å². The summed E-state index contributed by atoms with van der Waals surface area (Å²) in [6.07, 6.45) is 1.80. The van der Waals surface area contributed by atoms with E-state index in [2.05, 4.69) is 11.1 Å². The second-order valence-corrected chi connectivity index (χ2v) is 8.19. The molecule has 4 rings (SSSR count). The highest BCUT2D eigenvalue weighted by molar-refractivity contribution is 7.11. The molecule has 1 aromatic heterocycles. The zero-order valence-electron chi connectivity index (χ0n) is 17.3. The normalized spacial score (nSPS) is 11.1. The summed E-state index contributed by atoms with van der Waals surface area (Å²) in [4.78, 5) is 4.63. The lowest BCUT2D eigenvalue weighted by atomic mass is 10.1. The SMILES string of the molecule is COc1cc(/C=C(/C#N)c2nc(-c3ccc(Cl)cc3)cs2)ccc1OCc1ccccc1. The molecule has 158 valence electrons. The third kappa shape index (κ3) is 5.17. The van der Waals surface area contributed by atoms with E-state index in [1.807, 2.05) is 78.2 Å². The van der Waals surface area contributed by atoms with E-state index in [4.69, 9.17) is 21.1 Å². The Morgan fingerprint density at radius 1 is 1.06 bits per heavy atom. The number of ether oxygens (including phenoxy) is 2. The van der Waals surface area contributed by atoms with Crippen molar-refractivity contribution < 1.29 is 9.47 Å². The first-order valence-corrected chi connectivity index (χ1v) is 11.1. The summed E-state index contributed by atoms with van der Waals surface area (Å²) in [5.41, 5.74) is 4.15. The largest absolute Gasteiger partial charge is 0.493 e. The van der Waals surface area contributed by atoms with Crippen LogP contribution in [0.2, 0.25) is 5.02 Å². The van der Waals surface area contributed by atoms with Gasteiger partial charge in [-0.3, -0.25) is 0 Å². The van der Waals surface area contributed by atoms with E-state index in [-0.39, 0.29) is 0 Å². The fourth-order valence-electron chi connectivity index (χ4n) is 3.09. The Hall–Kier alpha value is -3.59. The van der Waals surface area contributed by atoms with E-state index in [0.717, 1.165) is 22.4 Å². The number of benzene rings is 3. The lowest BCUT2D eigenvalue weighted by Crippen LogP contribution is -1.97. The topological polar surface area (TPSA) is 55.1 Å². The molecule has 4 nitrogen and oxygen atoms in total. The number of thiazole rings is 1. The van der Waals surface area contributed by atoms with Gasteiger partial charge < -0.3 is 9.47 Å². The molecule has 4 aromatic rings. The van der Waals surface area contributed by atoms with Crippen molar-refractivity contribution in [2.24, 2.45) is 0 Å². The zero-order chi connectivity index (χ0) is 22.3. The van der Waals surface area contributed by atoms with E-state index >= 15 is 0 Å². The molecule has 32 heavy (non-hydrogen) atoms. The first kappa shape index (κ1) is 21.6. The molecule has 0 bridgehead atoms. The van der Waals surface area contributed by atoms with Crippen LogP contribution in [0.3, 0.4) is 0 Å². The first-order chi connectivity index (χ1) is 15.7. The Bertz CT molecular complexity index is 1280. The smallest absolute Gasteiger partial charge is 0.161 e. The number of hydrogen-bond donors (Lipinski definition) is 0. The molecule has 0 saturated carbocycles. The molecule has 0 aliphatic rings. The van der Waals surface area contributed by atoms with Crippen molar-refractivity contribution in [3.63, 3.8) is 0 Å². The van der Waals surface area contributed by atoms with Crippen molar-refractivity contribution in [3.05, 3.63) is 99.3 Å². The van der Waals surface area contributed by atoms with Gasteiger partial charge in [-0.25, -0.2) is 4.98 Å². The number of rotatable bonds is 7. The molecule has 6 heteroatoms. The van der Waals surface area contributed by atoms with Crippen LogP contribution in [-0.4, -0.2) is 12.1 Å². The Kier molecular flexibility index (Phi) is 6.86. The lowest BCUT2D eigenvalue weighted by molar-refractivity contribution is 0.284. The van der Waals surface area contributed by atoms with Crippen LogP contribution in [-0.2, 0) is 6.61 Å². The zero-order valence-corrected chi connectivity index (χ0v) is 18.9. The monoisotopic (exact) mass is 458 g/mol. The van der Waals surface area contributed by atoms with E-state index in [1.54, 1.807) is 13.2 Å². The van der Waals surface area contributed by atoms with E-state index in [1.165, 1.54) is 11.3 Å². The van der Waals surface area contributed by atoms with Gasteiger partial charge in [0.1, 0.15) is 17.7 Å². The molecular weight excluding hydrogens is 440 g/mol. The van der Waals surface area contributed by atoms with Gasteiger partial charge in [-0.1, -0.05) is 60.1 Å². The number of methoxy groups -OCH3 is 1. The molecule has 0 spiro atoms. The minimum atomic E-state index is 0.447. The summed E-state index contributed by atoms with van der Waals surface area (Å²) in [5, 5.41) is 13.0. The van der Waals surface area contributed by atoms with Crippen molar-refractivity contribution in [2.45, 2.75) is 6.61 Å². The van der Waals surface area contributed by atoms with Gasteiger partial charge in [0.05, 0.1) is 18.4 Å². The summed E-state index contributed by atoms with van der Waals surface area (Å²) in [5.74, 6) is 1.25. The highest BCUT2D eigenvalue weighted by Gasteiger charge is 2.11. The van der Waals surface area contributed by atoms with Crippen molar-refractivity contribution in [1.29, 1.82) is 5.26 Å². The minimum Gasteiger partial charge on any atom is -0.493 e. The summed E-state index contributed by atoms with van der Waals surface area (Å²) >= 11 is 7.39. The number of nitrogens with zero attached hydrogens (tertiary/aromatic N) is 2. The molecule has 0 aliphatic carbocycles. The van der Waals surface area contributed by atoms with Gasteiger partial charge in [-0.05, 0) is 41.5 Å². The van der Waals surface area contributed by atoms with Crippen molar-refractivity contribution in [2.75, 3.05) is 7.11 Å². The van der Waals surface area contributed by atoms with Crippen LogP contribution in [0.1, 0.15) is 16.1 Å². The van der Waals surface area contributed by atoms with Gasteiger partial charge in [0.15, 0.2) is 11.5 Å². The fraction of sp³-hybridized carbons (Fsp3) is 0.0769. The van der Waals surface area contributed by atoms with Gasteiger partial charge in [0.2, 0.25) is 0 Å². The van der Waals surface area contributed by atoms with E-state index in [0.29, 0.717) is 33.7 Å². The van der Waals surface area contributed by atoms with Crippen LogP contribution < -0.4 is 9.47 Å². The highest BCUT2D eigenvalue weighted by Crippen LogP contribution is 2.32. The lowest BCUT2D eigenvalue weighted by Gasteiger charge is -2.11. The van der Waals surface area contributed by atoms with Gasteiger partial charge in [0, 0.05) is 16.0 Å². The molecule has 0 radical (unpaired) electrons. The van der Waals surface area contributed by atoms with Crippen molar-refractivity contribution in [1.82, 2.24) is 4.98 Å². The molecule has 0 unspecified atom stereocenters. The Morgan fingerprint density at radius 3 is 2.56 bits per heavy atom. The van der Waals surface area contributed by atoms with Gasteiger partial charge in [-0.15, -0.1) is 11.3 Å². The van der Waals surface area contributed by atoms with Gasteiger partial charge in [-0.2, -0.15) is 5.26 Å². The van der Waals surface area contributed by atoms with Crippen LogP contribution in [0.4, 0.5) is 0 Å². The highest BCUT2D eigenvalue weighted by atomic mass is 35.5. The van der Waals surface area contributed by atoms with Crippen LogP contribution >= 0.6 is 22.9 Å².